The first kappa shape index (κ1) is 42.5. The molecule has 0 fully saturated rings. The van der Waals surface area contributed by atoms with E-state index in [-0.39, 0.29) is 12.3 Å². The first-order valence-corrected chi connectivity index (χ1v) is 18.9. The number of aliphatic hydroxyl groups excluding tert-OH is 1. The van der Waals surface area contributed by atoms with E-state index in [2.05, 4.69) is 92.1 Å². The van der Waals surface area contributed by atoms with E-state index in [1.807, 2.05) is 0 Å². The molecule has 2 unspecified atom stereocenters. The molecule has 0 aromatic carbocycles. The van der Waals surface area contributed by atoms with Crippen molar-refractivity contribution in [2.75, 3.05) is 5.75 Å². The van der Waals surface area contributed by atoms with Crippen LogP contribution >= 0.6 is 0 Å². The average molecular weight is 646 g/mol. The molecule has 0 rings (SSSR count). The average Bonchev–Trinajstić information content (AvgIpc) is 3.00. The van der Waals surface area contributed by atoms with Crippen LogP contribution < -0.4 is 5.32 Å². The monoisotopic (exact) mass is 645 g/mol. The summed E-state index contributed by atoms with van der Waals surface area (Å²) in [5, 5.41) is 13.0. The van der Waals surface area contributed by atoms with Crippen molar-refractivity contribution in [2.24, 2.45) is 0 Å². The van der Waals surface area contributed by atoms with Gasteiger partial charge in [-0.05, 0) is 70.6 Å². The number of amides is 1. The predicted octanol–water partition coefficient (Wildman–Crippen LogP) is 9.67. The molecule has 1 amide bonds. The molecule has 0 aromatic rings. The largest absolute Gasteiger partial charge is 0.387 e. The van der Waals surface area contributed by atoms with Crippen molar-refractivity contribution in [3.05, 3.63) is 85.1 Å². The van der Waals surface area contributed by atoms with Crippen molar-refractivity contribution < 1.29 is 22.9 Å². The van der Waals surface area contributed by atoms with Crippen LogP contribution in [0.25, 0.3) is 0 Å². The van der Waals surface area contributed by atoms with Crippen LogP contribution in [0, 0.1) is 0 Å². The van der Waals surface area contributed by atoms with Crippen LogP contribution in [0.3, 0.4) is 0 Å². The summed E-state index contributed by atoms with van der Waals surface area (Å²) in [6.45, 7) is 4.26. The molecule has 0 aromatic heterocycles. The third-order valence-electron chi connectivity index (χ3n) is 7.04. The van der Waals surface area contributed by atoms with E-state index < -0.39 is 28.0 Å². The first-order chi connectivity index (χ1) is 21.8. The number of allylic oxidation sites excluding steroid dienone is 13. The summed E-state index contributed by atoms with van der Waals surface area (Å²) in [5.41, 5.74) is 0. The smallest absolute Gasteiger partial charge is 0.267 e. The molecule has 0 aliphatic carbocycles. The van der Waals surface area contributed by atoms with Gasteiger partial charge in [0.05, 0.1) is 17.9 Å². The molecular formula is C38H63NO5S. The predicted molar refractivity (Wildman–Crippen MR) is 193 cm³/mol. The maximum atomic E-state index is 12.4. The van der Waals surface area contributed by atoms with Gasteiger partial charge in [-0.3, -0.25) is 9.35 Å². The number of carbonyl (C=O) groups is 1. The molecule has 0 radical (unpaired) electrons. The van der Waals surface area contributed by atoms with Crippen molar-refractivity contribution in [1.29, 1.82) is 0 Å². The topological polar surface area (TPSA) is 104 Å². The summed E-state index contributed by atoms with van der Waals surface area (Å²) >= 11 is 0. The van der Waals surface area contributed by atoms with Gasteiger partial charge in [0.1, 0.15) is 0 Å². The molecule has 6 nitrogen and oxygen atoms in total. The third kappa shape index (κ3) is 32.7. The highest BCUT2D eigenvalue weighted by Gasteiger charge is 2.24. The zero-order valence-corrected chi connectivity index (χ0v) is 29.0. The van der Waals surface area contributed by atoms with Gasteiger partial charge in [-0.25, -0.2) is 0 Å². The number of unbranched alkanes of at least 4 members (excludes halogenated alkanes) is 9. The molecule has 0 heterocycles. The normalized spacial score (nSPS) is 14.5. The van der Waals surface area contributed by atoms with Gasteiger partial charge in [0.2, 0.25) is 5.91 Å². The number of rotatable bonds is 29. The van der Waals surface area contributed by atoms with Crippen LogP contribution in [0.4, 0.5) is 0 Å². The Hall–Kier alpha value is -2.48. The van der Waals surface area contributed by atoms with Crippen LogP contribution in [-0.4, -0.2) is 41.9 Å². The van der Waals surface area contributed by atoms with Crippen LogP contribution in [0.15, 0.2) is 85.1 Å². The minimum atomic E-state index is -4.35. The van der Waals surface area contributed by atoms with Crippen molar-refractivity contribution in [3.8, 4) is 0 Å². The van der Waals surface area contributed by atoms with Crippen LogP contribution in [0.1, 0.15) is 129 Å². The highest BCUT2D eigenvalue weighted by atomic mass is 32.2. The van der Waals surface area contributed by atoms with Crippen molar-refractivity contribution in [3.63, 3.8) is 0 Å². The lowest BCUT2D eigenvalue weighted by molar-refractivity contribution is -0.122. The highest BCUT2D eigenvalue weighted by molar-refractivity contribution is 7.85. The molecule has 45 heavy (non-hydrogen) atoms. The van der Waals surface area contributed by atoms with Gasteiger partial charge >= 0.3 is 0 Å². The molecule has 0 bridgehead atoms. The number of carbonyl (C=O) groups excluding carboxylic acids is 1. The third-order valence-corrected chi connectivity index (χ3v) is 7.82. The molecule has 0 aliphatic heterocycles. The summed E-state index contributed by atoms with van der Waals surface area (Å²) in [4.78, 5) is 12.4. The number of nitrogens with one attached hydrogen (secondary N) is 1. The molecule has 0 aliphatic rings. The fourth-order valence-electron chi connectivity index (χ4n) is 4.50. The van der Waals surface area contributed by atoms with Gasteiger partial charge in [-0.1, -0.05) is 137 Å². The maximum absolute atomic E-state index is 12.4. The second kappa shape index (κ2) is 31.5. The Kier molecular flexibility index (Phi) is 29.8. The van der Waals surface area contributed by atoms with E-state index in [0.717, 1.165) is 77.0 Å². The highest BCUT2D eigenvalue weighted by Crippen LogP contribution is 2.11. The van der Waals surface area contributed by atoms with E-state index in [1.54, 1.807) is 6.08 Å². The molecule has 0 spiro atoms. The van der Waals surface area contributed by atoms with Gasteiger partial charge in [0, 0.05) is 6.42 Å². The minimum absolute atomic E-state index is 0.269. The van der Waals surface area contributed by atoms with E-state index in [9.17, 15) is 22.9 Å². The van der Waals surface area contributed by atoms with Crippen LogP contribution in [0.5, 0.6) is 0 Å². The number of hydrogen-bond donors (Lipinski definition) is 3. The van der Waals surface area contributed by atoms with Gasteiger partial charge in [-0.2, -0.15) is 8.42 Å². The zero-order valence-electron chi connectivity index (χ0n) is 28.2. The molecule has 2 atom stereocenters. The second-order valence-corrected chi connectivity index (χ2v) is 12.9. The van der Waals surface area contributed by atoms with Gasteiger partial charge in [0.15, 0.2) is 0 Å². The molecule has 0 saturated carbocycles. The van der Waals surface area contributed by atoms with E-state index in [1.165, 1.54) is 25.3 Å². The lowest BCUT2D eigenvalue weighted by Crippen LogP contribution is -2.46. The lowest BCUT2D eigenvalue weighted by Gasteiger charge is -2.21. The molecule has 256 valence electrons. The van der Waals surface area contributed by atoms with Gasteiger partial charge in [-0.15, -0.1) is 0 Å². The van der Waals surface area contributed by atoms with E-state index in [4.69, 9.17) is 0 Å². The Morgan fingerprint density at radius 2 is 1.09 bits per heavy atom. The molecule has 3 N–H and O–H groups in total. The summed E-state index contributed by atoms with van der Waals surface area (Å²) in [5.74, 6) is -1.03. The van der Waals surface area contributed by atoms with Crippen molar-refractivity contribution in [2.45, 2.75) is 142 Å². The zero-order chi connectivity index (χ0) is 33.3. The maximum Gasteiger partial charge on any atom is 0.267 e. The summed E-state index contributed by atoms with van der Waals surface area (Å²) in [6, 6.07) is -1.08. The minimum Gasteiger partial charge on any atom is -0.387 e. The van der Waals surface area contributed by atoms with E-state index >= 15 is 0 Å². The fourth-order valence-corrected chi connectivity index (χ4v) is 5.23. The standard InChI is InChI=1S/C38H63NO5S/c1-3-5-7-9-11-12-13-14-15-16-17-18-19-20-21-22-23-24-25-26-28-30-32-34-38(41)39-36(35-45(42,43)44)37(40)33-31-29-27-10-8-6-4-2/h5,7-8,10-12,14-15,17-18,20-21,31,33,36-37,40H,3-4,6,9,13,16,19,22-30,32,34-35H2,1-2H3,(H,39,41)(H,42,43,44)/b7-5-,10-8+,12-11-,15-14-,18-17-,21-20-,33-31+. The number of aliphatic hydroxyl groups is 1. The Balaban J connectivity index is 3.94. The number of hydrogen-bond acceptors (Lipinski definition) is 4. The Bertz CT molecular complexity index is 1020. The first-order valence-electron chi connectivity index (χ1n) is 17.3. The van der Waals surface area contributed by atoms with Crippen LogP contribution in [-0.2, 0) is 14.9 Å². The van der Waals surface area contributed by atoms with Gasteiger partial charge in [0.25, 0.3) is 10.1 Å². The van der Waals surface area contributed by atoms with Crippen molar-refractivity contribution >= 4 is 16.0 Å². The Morgan fingerprint density at radius 1 is 0.622 bits per heavy atom. The van der Waals surface area contributed by atoms with E-state index in [0.29, 0.717) is 12.8 Å². The SMILES string of the molecule is CC/C=C\C/C=C\C/C=C\C/C=C\C/C=C\CCCCCCCCCC(=O)NC(CS(=O)(=O)O)C(O)/C=C/CC/C=C/CCC. The molecule has 7 heteroatoms. The summed E-state index contributed by atoms with van der Waals surface area (Å²) in [6.07, 6.45) is 45.9. The lowest BCUT2D eigenvalue weighted by atomic mass is 10.1. The Morgan fingerprint density at radius 3 is 1.64 bits per heavy atom. The second-order valence-electron chi connectivity index (χ2n) is 11.4. The molecule has 0 saturated heterocycles. The van der Waals surface area contributed by atoms with Crippen molar-refractivity contribution in [1.82, 2.24) is 5.32 Å². The van der Waals surface area contributed by atoms with Gasteiger partial charge < -0.3 is 10.4 Å². The molecular weight excluding hydrogens is 582 g/mol. The quantitative estimate of drug-likeness (QED) is 0.0427. The van der Waals surface area contributed by atoms with Crippen LogP contribution in [0.2, 0.25) is 0 Å². The Labute approximate surface area is 276 Å². The summed E-state index contributed by atoms with van der Waals surface area (Å²) < 4.78 is 32.1. The fraction of sp³-hybridized carbons (Fsp3) is 0.605. The summed E-state index contributed by atoms with van der Waals surface area (Å²) in [7, 11) is -4.35.